The zero-order chi connectivity index (χ0) is 16.9. The predicted octanol–water partition coefficient (Wildman–Crippen LogP) is 0.627. The number of piperazine rings is 2. The van der Waals surface area contributed by atoms with Gasteiger partial charge in [0.05, 0.1) is 6.54 Å². The van der Waals surface area contributed by atoms with Crippen molar-refractivity contribution >= 4 is 11.8 Å². The second-order valence-corrected chi connectivity index (χ2v) is 7.49. The van der Waals surface area contributed by atoms with E-state index in [1.165, 1.54) is 32.1 Å². The molecule has 3 aliphatic rings. The Kier molecular flexibility index (Phi) is 6.11. The predicted molar refractivity (Wildman–Crippen MR) is 93.7 cm³/mol. The van der Waals surface area contributed by atoms with E-state index >= 15 is 0 Å². The average Bonchev–Trinajstić information content (AvgIpc) is 2.63. The van der Waals surface area contributed by atoms with Crippen LogP contribution in [-0.4, -0.2) is 96.4 Å². The molecule has 0 aromatic rings. The number of nitrogens with zero attached hydrogens (tertiary/aromatic N) is 4. The van der Waals surface area contributed by atoms with Gasteiger partial charge in [0.25, 0.3) is 0 Å². The summed E-state index contributed by atoms with van der Waals surface area (Å²) in [7, 11) is 0. The smallest absolute Gasteiger partial charge is 0.236 e. The first-order valence-corrected chi connectivity index (χ1v) is 9.63. The molecule has 0 unspecified atom stereocenters. The fourth-order valence-electron chi connectivity index (χ4n) is 4.29. The first-order chi connectivity index (χ1) is 11.6. The Morgan fingerprint density at radius 2 is 1.38 bits per heavy atom. The monoisotopic (exact) mass is 336 g/mol. The first-order valence-electron chi connectivity index (χ1n) is 9.63. The SMILES string of the molecule is CC(=O)N1CCN(CC(=O)N2CCN(C3CCCCC3)CC2)CC1. The normalized spacial score (nSPS) is 25.0. The molecule has 3 rings (SSSR count). The number of amides is 2. The number of rotatable bonds is 3. The van der Waals surface area contributed by atoms with Gasteiger partial charge in [0.1, 0.15) is 0 Å². The van der Waals surface area contributed by atoms with Crippen molar-refractivity contribution in [3.8, 4) is 0 Å². The maximum absolute atomic E-state index is 12.5. The van der Waals surface area contributed by atoms with E-state index in [0.717, 1.165) is 58.4 Å². The van der Waals surface area contributed by atoms with Crippen LogP contribution in [-0.2, 0) is 9.59 Å². The van der Waals surface area contributed by atoms with Crippen molar-refractivity contribution in [3.05, 3.63) is 0 Å². The molecular formula is C18H32N4O2. The second-order valence-electron chi connectivity index (χ2n) is 7.49. The third kappa shape index (κ3) is 4.48. The van der Waals surface area contributed by atoms with E-state index in [0.29, 0.717) is 6.54 Å². The van der Waals surface area contributed by atoms with Crippen molar-refractivity contribution in [2.45, 2.75) is 45.1 Å². The fourth-order valence-corrected chi connectivity index (χ4v) is 4.29. The molecule has 24 heavy (non-hydrogen) atoms. The van der Waals surface area contributed by atoms with Gasteiger partial charge in [0, 0.05) is 65.3 Å². The zero-order valence-corrected chi connectivity index (χ0v) is 15.1. The summed E-state index contributed by atoms with van der Waals surface area (Å²) in [5.74, 6) is 0.398. The number of carbonyl (C=O) groups is 2. The minimum absolute atomic E-state index is 0.139. The van der Waals surface area contributed by atoms with E-state index in [9.17, 15) is 9.59 Å². The topological polar surface area (TPSA) is 47.1 Å². The summed E-state index contributed by atoms with van der Waals surface area (Å²) in [5, 5.41) is 0. The Hall–Kier alpha value is -1.14. The van der Waals surface area contributed by atoms with Gasteiger partial charge in [-0.25, -0.2) is 0 Å². The van der Waals surface area contributed by atoms with Crippen molar-refractivity contribution in [2.24, 2.45) is 0 Å². The van der Waals surface area contributed by atoms with Crippen LogP contribution in [0.3, 0.4) is 0 Å². The highest BCUT2D eigenvalue weighted by atomic mass is 16.2. The Labute approximate surface area is 145 Å². The Morgan fingerprint density at radius 3 is 1.96 bits per heavy atom. The summed E-state index contributed by atoms with van der Waals surface area (Å²) in [5.41, 5.74) is 0. The lowest BCUT2D eigenvalue weighted by Crippen LogP contribution is -2.55. The molecule has 6 heteroatoms. The van der Waals surface area contributed by atoms with Crippen LogP contribution in [0.25, 0.3) is 0 Å². The second kappa shape index (κ2) is 8.30. The van der Waals surface area contributed by atoms with Gasteiger partial charge < -0.3 is 9.80 Å². The lowest BCUT2D eigenvalue weighted by molar-refractivity contribution is -0.136. The van der Waals surface area contributed by atoms with Crippen LogP contribution in [0.4, 0.5) is 0 Å². The highest BCUT2D eigenvalue weighted by Crippen LogP contribution is 2.23. The molecule has 2 saturated heterocycles. The van der Waals surface area contributed by atoms with Crippen molar-refractivity contribution < 1.29 is 9.59 Å². The van der Waals surface area contributed by atoms with Crippen LogP contribution in [0.1, 0.15) is 39.0 Å². The Balaban J connectivity index is 1.38. The molecule has 0 aromatic heterocycles. The third-order valence-electron chi connectivity index (χ3n) is 5.93. The van der Waals surface area contributed by atoms with Crippen molar-refractivity contribution in [1.29, 1.82) is 0 Å². The van der Waals surface area contributed by atoms with E-state index in [-0.39, 0.29) is 11.8 Å². The summed E-state index contributed by atoms with van der Waals surface area (Å²) < 4.78 is 0. The summed E-state index contributed by atoms with van der Waals surface area (Å²) in [6.07, 6.45) is 6.82. The van der Waals surface area contributed by atoms with Crippen LogP contribution in [0, 0.1) is 0 Å². The summed E-state index contributed by atoms with van der Waals surface area (Å²) in [4.78, 5) is 32.6. The minimum Gasteiger partial charge on any atom is -0.340 e. The summed E-state index contributed by atoms with van der Waals surface area (Å²) in [6.45, 7) is 9.08. The Morgan fingerprint density at radius 1 is 0.792 bits per heavy atom. The summed E-state index contributed by atoms with van der Waals surface area (Å²) in [6, 6.07) is 0.760. The van der Waals surface area contributed by atoms with Crippen LogP contribution in [0.15, 0.2) is 0 Å². The van der Waals surface area contributed by atoms with Gasteiger partial charge in [0.2, 0.25) is 11.8 Å². The molecular weight excluding hydrogens is 304 g/mol. The van der Waals surface area contributed by atoms with Crippen LogP contribution >= 0.6 is 0 Å². The van der Waals surface area contributed by atoms with Crippen molar-refractivity contribution in [3.63, 3.8) is 0 Å². The van der Waals surface area contributed by atoms with Gasteiger partial charge in [-0.05, 0) is 12.8 Å². The van der Waals surface area contributed by atoms with E-state index in [2.05, 4.69) is 9.80 Å². The molecule has 3 fully saturated rings. The molecule has 136 valence electrons. The van der Waals surface area contributed by atoms with E-state index in [1.54, 1.807) is 6.92 Å². The van der Waals surface area contributed by atoms with Gasteiger partial charge in [0.15, 0.2) is 0 Å². The average molecular weight is 336 g/mol. The van der Waals surface area contributed by atoms with Gasteiger partial charge in [-0.2, -0.15) is 0 Å². The molecule has 0 N–H and O–H groups in total. The molecule has 0 bridgehead atoms. The van der Waals surface area contributed by atoms with E-state index in [4.69, 9.17) is 0 Å². The molecule has 2 aliphatic heterocycles. The number of carbonyl (C=O) groups excluding carboxylic acids is 2. The maximum atomic E-state index is 12.5. The van der Waals surface area contributed by atoms with Crippen LogP contribution in [0.5, 0.6) is 0 Å². The highest BCUT2D eigenvalue weighted by Gasteiger charge is 2.28. The quantitative estimate of drug-likeness (QED) is 0.758. The van der Waals surface area contributed by atoms with Gasteiger partial charge in [-0.3, -0.25) is 19.4 Å². The third-order valence-corrected chi connectivity index (χ3v) is 5.93. The standard InChI is InChI=1S/C18H32N4O2/c1-16(23)20-9-7-19(8-10-20)15-18(24)22-13-11-21(12-14-22)17-5-3-2-4-6-17/h17H,2-15H2,1H3. The van der Waals surface area contributed by atoms with E-state index in [1.807, 2.05) is 9.80 Å². The Bertz CT molecular complexity index is 434. The van der Waals surface area contributed by atoms with Crippen LogP contribution < -0.4 is 0 Å². The highest BCUT2D eigenvalue weighted by molar-refractivity contribution is 5.78. The maximum Gasteiger partial charge on any atom is 0.236 e. The molecule has 1 saturated carbocycles. The molecule has 0 aromatic carbocycles. The lowest BCUT2D eigenvalue weighted by Gasteiger charge is -2.41. The molecule has 6 nitrogen and oxygen atoms in total. The number of hydrogen-bond donors (Lipinski definition) is 0. The van der Waals surface area contributed by atoms with Crippen molar-refractivity contribution in [2.75, 3.05) is 58.9 Å². The summed E-state index contributed by atoms with van der Waals surface area (Å²) >= 11 is 0. The molecule has 0 radical (unpaired) electrons. The van der Waals surface area contributed by atoms with Crippen molar-refractivity contribution in [1.82, 2.24) is 19.6 Å². The lowest BCUT2D eigenvalue weighted by atomic mass is 9.94. The molecule has 0 spiro atoms. The molecule has 0 atom stereocenters. The number of hydrogen-bond acceptors (Lipinski definition) is 4. The molecule has 2 amide bonds. The molecule has 2 heterocycles. The largest absolute Gasteiger partial charge is 0.340 e. The fraction of sp³-hybridized carbons (Fsp3) is 0.889. The van der Waals surface area contributed by atoms with Gasteiger partial charge in [-0.15, -0.1) is 0 Å². The molecule has 1 aliphatic carbocycles. The minimum atomic E-state index is 0.139. The zero-order valence-electron chi connectivity index (χ0n) is 15.1. The van der Waals surface area contributed by atoms with Gasteiger partial charge in [-0.1, -0.05) is 19.3 Å². The first kappa shape index (κ1) is 17.7. The van der Waals surface area contributed by atoms with E-state index < -0.39 is 0 Å². The van der Waals surface area contributed by atoms with Gasteiger partial charge >= 0.3 is 0 Å². The van der Waals surface area contributed by atoms with Crippen LogP contribution in [0.2, 0.25) is 0 Å².